The molecule has 0 amide bonds. The molecule has 1 unspecified atom stereocenters. The molecule has 0 bridgehead atoms. The molecule has 1 atom stereocenters. The van der Waals surface area contributed by atoms with E-state index in [9.17, 15) is 0 Å². The Labute approximate surface area is 172 Å². The number of nitrogens with one attached hydrogen (secondary N) is 1. The molecule has 28 heavy (non-hydrogen) atoms. The summed E-state index contributed by atoms with van der Waals surface area (Å²) in [4.78, 5) is 12.6. The quantitative estimate of drug-likeness (QED) is 0.314. The number of aromatic nitrogens is 2. The number of hydrogen-bond donors (Lipinski definition) is 1. The fourth-order valence-corrected chi connectivity index (χ4v) is 4.32. The first kappa shape index (κ1) is 20.7. The summed E-state index contributed by atoms with van der Waals surface area (Å²) in [6, 6.07) is 10.6. The molecule has 1 fully saturated rings. The molecule has 6 nitrogen and oxygen atoms in total. The van der Waals surface area contributed by atoms with E-state index in [1.807, 2.05) is 18.8 Å². The van der Waals surface area contributed by atoms with Gasteiger partial charge in [-0.25, -0.2) is 0 Å². The Bertz CT molecular complexity index is 746. The summed E-state index contributed by atoms with van der Waals surface area (Å²) in [6.45, 7) is 7.14. The lowest BCUT2D eigenvalue weighted by molar-refractivity contribution is 0.368. The number of hydrogen-bond acceptors (Lipinski definition) is 5. The van der Waals surface area contributed by atoms with Crippen LogP contribution in [0, 0.1) is 5.92 Å². The molecule has 3 rings (SSSR count). The summed E-state index contributed by atoms with van der Waals surface area (Å²) in [5.41, 5.74) is 0. The Morgan fingerprint density at radius 3 is 2.89 bits per heavy atom. The standard InChI is InChI=1S/C21H31N5OS/c1-16(2)20-24-19(27-25-20)10-7-12-23-21(22-3)26-13-11-17(14-26)15-28-18-8-5-4-6-9-18/h4-6,8-9,16-17H,7,10-15H2,1-3H3,(H,22,23). The van der Waals surface area contributed by atoms with Crippen LogP contribution in [0.25, 0.3) is 0 Å². The number of aryl methyl sites for hydroxylation is 1. The van der Waals surface area contributed by atoms with Crippen LogP contribution in [-0.2, 0) is 6.42 Å². The van der Waals surface area contributed by atoms with Crippen molar-refractivity contribution >= 4 is 17.7 Å². The van der Waals surface area contributed by atoms with Crippen molar-refractivity contribution in [2.24, 2.45) is 10.9 Å². The van der Waals surface area contributed by atoms with Gasteiger partial charge in [0, 0.05) is 49.7 Å². The van der Waals surface area contributed by atoms with E-state index in [0.717, 1.165) is 55.9 Å². The Morgan fingerprint density at radius 1 is 1.36 bits per heavy atom. The molecule has 2 aromatic rings. The van der Waals surface area contributed by atoms with Gasteiger partial charge in [0.1, 0.15) is 0 Å². The number of thioether (sulfide) groups is 1. The lowest BCUT2D eigenvalue weighted by Gasteiger charge is -2.21. The predicted molar refractivity (Wildman–Crippen MR) is 115 cm³/mol. The Hall–Kier alpha value is -2.02. The van der Waals surface area contributed by atoms with E-state index < -0.39 is 0 Å². The molecule has 1 N–H and O–H groups in total. The zero-order valence-corrected chi connectivity index (χ0v) is 17.9. The molecule has 0 saturated carbocycles. The van der Waals surface area contributed by atoms with Gasteiger partial charge in [0.15, 0.2) is 11.8 Å². The summed E-state index contributed by atoms with van der Waals surface area (Å²) in [6.07, 6.45) is 2.96. The van der Waals surface area contributed by atoms with Crippen LogP contribution >= 0.6 is 11.8 Å². The molecule has 152 valence electrons. The summed E-state index contributed by atoms with van der Waals surface area (Å²) in [5.74, 6) is 4.68. The molecular formula is C21H31N5OS. The first-order valence-electron chi connectivity index (χ1n) is 10.1. The van der Waals surface area contributed by atoms with Gasteiger partial charge in [-0.3, -0.25) is 4.99 Å². The van der Waals surface area contributed by atoms with Crippen molar-refractivity contribution < 1.29 is 4.52 Å². The highest BCUT2D eigenvalue weighted by molar-refractivity contribution is 7.99. The molecule has 0 aliphatic carbocycles. The van der Waals surface area contributed by atoms with Crippen molar-refractivity contribution in [2.75, 3.05) is 32.4 Å². The molecule has 2 heterocycles. The number of guanidine groups is 1. The molecule has 1 saturated heterocycles. The highest BCUT2D eigenvalue weighted by Crippen LogP contribution is 2.25. The van der Waals surface area contributed by atoms with Crippen LogP contribution in [0.4, 0.5) is 0 Å². The second kappa shape index (κ2) is 10.5. The van der Waals surface area contributed by atoms with Gasteiger partial charge < -0.3 is 14.7 Å². The minimum atomic E-state index is 0.303. The molecule has 0 spiro atoms. The molecule has 1 aliphatic rings. The zero-order chi connectivity index (χ0) is 19.8. The number of likely N-dealkylation sites (tertiary alicyclic amines) is 1. The van der Waals surface area contributed by atoms with Gasteiger partial charge in [-0.2, -0.15) is 4.98 Å². The van der Waals surface area contributed by atoms with E-state index in [2.05, 4.69) is 69.5 Å². The van der Waals surface area contributed by atoms with Crippen LogP contribution in [0.3, 0.4) is 0 Å². The maximum atomic E-state index is 5.30. The molecule has 1 aliphatic heterocycles. The van der Waals surface area contributed by atoms with Crippen molar-refractivity contribution in [2.45, 2.75) is 43.9 Å². The van der Waals surface area contributed by atoms with Gasteiger partial charge in [0.2, 0.25) is 5.89 Å². The maximum absolute atomic E-state index is 5.30. The van der Waals surface area contributed by atoms with Crippen LogP contribution in [-0.4, -0.2) is 53.4 Å². The predicted octanol–water partition coefficient (Wildman–Crippen LogP) is 3.82. The van der Waals surface area contributed by atoms with Gasteiger partial charge in [0.25, 0.3) is 0 Å². The fourth-order valence-electron chi connectivity index (χ4n) is 3.27. The molecule has 7 heteroatoms. The number of aliphatic imine (C=N–C) groups is 1. The molecule has 0 radical (unpaired) electrons. The summed E-state index contributed by atoms with van der Waals surface area (Å²) in [5, 5.41) is 7.50. The first-order valence-corrected chi connectivity index (χ1v) is 11.1. The van der Waals surface area contributed by atoms with Crippen LogP contribution in [0.2, 0.25) is 0 Å². The van der Waals surface area contributed by atoms with Gasteiger partial charge in [-0.05, 0) is 30.9 Å². The van der Waals surface area contributed by atoms with Crippen molar-refractivity contribution in [3.05, 3.63) is 42.0 Å². The van der Waals surface area contributed by atoms with E-state index in [1.54, 1.807) is 0 Å². The van der Waals surface area contributed by atoms with Crippen molar-refractivity contribution in [1.82, 2.24) is 20.4 Å². The molecule has 1 aromatic heterocycles. The minimum absolute atomic E-state index is 0.303. The zero-order valence-electron chi connectivity index (χ0n) is 17.1. The van der Waals surface area contributed by atoms with Crippen molar-refractivity contribution in [3.63, 3.8) is 0 Å². The van der Waals surface area contributed by atoms with E-state index in [1.165, 1.54) is 11.3 Å². The fraction of sp³-hybridized carbons (Fsp3) is 0.571. The normalized spacial score (nSPS) is 17.5. The van der Waals surface area contributed by atoms with Gasteiger partial charge in [0.05, 0.1) is 0 Å². The van der Waals surface area contributed by atoms with Crippen LogP contribution < -0.4 is 5.32 Å². The SMILES string of the molecule is CN=C(NCCCc1nc(C(C)C)no1)N1CCC(CSc2ccccc2)C1. The third-order valence-corrected chi connectivity index (χ3v) is 6.12. The van der Waals surface area contributed by atoms with Crippen LogP contribution in [0.15, 0.2) is 44.7 Å². The number of rotatable bonds is 8. The van der Waals surface area contributed by atoms with Crippen molar-refractivity contribution in [3.8, 4) is 0 Å². The maximum Gasteiger partial charge on any atom is 0.226 e. The Kier molecular flexibility index (Phi) is 7.77. The first-order chi connectivity index (χ1) is 13.7. The number of nitrogens with zero attached hydrogens (tertiary/aromatic N) is 4. The molecular weight excluding hydrogens is 370 g/mol. The summed E-state index contributed by atoms with van der Waals surface area (Å²) < 4.78 is 5.30. The minimum Gasteiger partial charge on any atom is -0.356 e. The van der Waals surface area contributed by atoms with Crippen LogP contribution in [0.5, 0.6) is 0 Å². The van der Waals surface area contributed by atoms with E-state index in [4.69, 9.17) is 4.52 Å². The van der Waals surface area contributed by atoms with Gasteiger partial charge in [-0.15, -0.1) is 11.8 Å². The van der Waals surface area contributed by atoms with Gasteiger partial charge in [-0.1, -0.05) is 37.2 Å². The average molecular weight is 402 g/mol. The lowest BCUT2D eigenvalue weighted by Crippen LogP contribution is -2.40. The second-order valence-corrected chi connectivity index (χ2v) is 8.60. The largest absolute Gasteiger partial charge is 0.356 e. The van der Waals surface area contributed by atoms with Gasteiger partial charge >= 0.3 is 0 Å². The third-order valence-electron chi connectivity index (χ3n) is 4.88. The second-order valence-electron chi connectivity index (χ2n) is 7.50. The Balaban J connectivity index is 1.36. The topological polar surface area (TPSA) is 66.5 Å². The van der Waals surface area contributed by atoms with E-state index in [0.29, 0.717) is 11.8 Å². The van der Waals surface area contributed by atoms with Crippen LogP contribution in [0.1, 0.15) is 44.3 Å². The third kappa shape index (κ3) is 5.99. The summed E-state index contributed by atoms with van der Waals surface area (Å²) in [7, 11) is 1.86. The monoisotopic (exact) mass is 401 g/mol. The highest BCUT2D eigenvalue weighted by atomic mass is 32.2. The average Bonchev–Trinajstić information content (AvgIpc) is 3.37. The Morgan fingerprint density at radius 2 is 2.18 bits per heavy atom. The molecule has 1 aromatic carbocycles. The highest BCUT2D eigenvalue weighted by Gasteiger charge is 2.24. The van der Waals surface area contributed by atoms with Crippen molar-refractivity contribution in [1.29, 1.82) is 0 Å². The summed E-state index contributed by atoms with van der Waals surface area (Å²) >= 11 is 1.95. The van der Waals surface area contributed by atoms with E-state index in [-0.39, 0.29) is 0 Å². The van der Waals surface area contributed by atoms with E-state index >= 15 is 0 Å². The smallest absolute Gasteiger partial charge is 0.226 e. The lowest BCUT2D eigenvalue weighted by atomic mass is 10.2. The number of benzene rings is 1.